The Kier molecular flexibility index (Phi) is 8.33. The van der Waals surface area contributed by atoms with E-state index in [1.54, 1.807) is 0 Å². The minimum absolute atomic E-state index is 0.604. The standard InChI is InChI=1S/C26H38N4/c1-3-8-24(9-4-1)22-26-12-16-29(23-25-10-5-2-6-11-25)19-18-28-15-7-13-27-14-17-30(26)21-20-28/h1-6,8-11,26-27H,7,12-23H2. The van der Waals surface area contributed by atoms with Crippen LogP contribution >= 0.6 is 0 Å². The Labute approximate surface area is 182 Å². The molecule has 0 spiro atoms. The fraction of sp³-hybridized carbons (Fsp3) is 0.538. The van der Waals surface area contributed by atoms with Crippen molar-refractivity contribution >= 4 is 0 Å². The van der Waals surface area contributed by atoms with E-state index in [1.807, 2.05) is 0 Å². The minimum atomic E-state index is 0.604. The third-order valence-corrected chi connectivity index (χ3v) is 6.70. The van der Waals surface area contributed by atoms with Crippen LogP contribution < -0.4 is 5.32 Å². The maximum Gasteiger partial charge on any atom is 0.0234 e. The Morgan fingerprint density at radius 2 is 1.43 bits per heavy atom. The predicted octanol–water partition coefficient (Wildman–Crippen LogP) is 3.10. The summed E-state index contributed by atoms with van der Waals surface area (Å²) in [5.41, 5.74) is 2.90. The fourth-order valence-corrected chi connectivity index (χ4v) is 4.88. The summed E-state index contributed by atoms with van der Waals surface area (Å²) in [6.07, 6.45) is 3.65. The average Bonchev–Trinajstić information content (AvgIpc) is 2.79. The summed E-state index contributed by atoms with van der Waals surface area (Å²) in [6, 6.07) is 22.7. The number of benzene rings is 2. The number of rotatable bonds is 4. The van der Waals surface area contributed by atoms with Gasteiger partial charge in [-0.05, 0) is 43.5 Å². The van der Waals surface area contributed by atoms with Gasteiger partial charge in [-0.3, -0.25) is 9.80 Å². The zero-order valence-corrected chi connectivity index (χ0v) is 18.4. The first-order valence-corrected chi connectivity index (χ1v) is 11.8. The van der Waals surface area contributed by atoms with Crippen molar-refractivity contribution in [2.75, 3.05) is 58.9 Å². The van der Waals surface area contributed by atoms with Gasteiger partial charge in [-0.25, -0.2) is 0 Å². The van der Waals surface area contributed by atoms with Crippen molar-refractivity contribution < 1.29 is 0 Å². The molecular weight excluding hydrogens is 368 g/mol. The van der Waals surface area contributed by atoms with E-state index in [-0.39, 0.29) is 0 Å². The first-order valence-electron chi connectivity index (χ1n) is 11.8. The number of nitrogens with one attached hydrogen (secondary N) is 1. The Bertz CT molecular complexity index is 720. The van der Waals surface area contributed by atoms with Gasteiger partial charge in [0.25, 0.3) is 0 Å². The van der Waals surface area contributed by atoms with Crippen LogP contribution in [0.3, 0.4) is 0 Å². The zero-order chi connectivity index (χ0) is 20.4. The highest BCUT2D eigenvalue weighted by Gasteiger charge is 2.23. The van der Waals surface area contributed by atoms with Crippen molar-refractivity contribution in [1.82, 2.24) is 20.0 Å². The highest BCUT2D eigenvalue weighted by molar-refractivity contribution is 5.16. The molecule has 2 saturated heterocycles. The fourth-order valence-electron chi connectivity index (χ4n) is 4.88. The normalized spacial score (nSPS) is 26.9. The van der Waals surface area contributed by atoms with E-state index in [2.05, 4.69) is 80.7 Å². The van der Waals surface area contributed by atoms with Gasteiger partial charge in [-0.2, -0.15) is 0 Å². The average molecular weight is 407 g/mol. The molecule has 0 aliphatic carbocycles. The largest absolute Gasteiger partial charge is 0.315 e. The second-order valence-electron chi connectivity index (χ2n) is 8.88. The van der Waals surface area contributed by atoms with Gasteiger partial charge in [-0.1, -0.05) is 60.7 Å². The molecule has 3 atom stereocenters. The Morgan fingerprint density at radius 1 is 0.700 bits per heavy atom. The summed E-state index contributed by atoms with van der Waals surface area (Å²) < 4.78 is 0. The van der Waals surface area contributed by atoms with Crippen molar-refractivity contribution in [2.24, 2.45) is 0 Å². The molecule has 2 aromatic carbocycles. The van der Waals surface area contributed by atoms with Crippen LogP contribution in [0.25, 0.3) is 0 Å². The van der Waals surface area contributed by atoms with Crippen molar-refractivity contribution in [1.29, 1.82) is 0 Å². The molecular formula is C26H38N4. The number of nitrogens with zero attached hydrogens (tertiary/aromatic N) is 3. The molecule has 3 unspecified atom stereocenters. The summed E-state index contributed by atoms with van der Waals surface area (Å²) in [5.74, 6) is 0. The van der Waals surface area contributed by atoms with Gasteiger partial charge >= 0.3 is 0 Å². The van der Waals surface area contributed by atoms with Gasteiger partial charge in [-0.15, -0.1) is 0 Å². The Balaban J connectivity index is 1.51. The van der Waals surface area contributed by atoms with Crippen LogP contribution in [0.1, 0.15) is 24.0 Å². The monoisotopic (exact) mass is 406 g/mol. The summed E-state index contributed by atoms with van der Waals surface area (Å²) in [5, 5.41) is 3.67. The molecule has 0 radical (unpaired) electrons. The van der Waals surface area contributed by atoms with Crippen LogP contribution in [0.5, 0.6) is 0 Å². The van der Waals surface area contributed by atoms with E-state index >= 15 is 0 Å². The van der Waals surface area contributed by atoms with Crippen LogP contribution in [0.15, 0.2) is 60.7 Å². The summed E-state index contributed by atoms with van der Waals surface area (Å²) in [7, 11) is 0. The van der Waals surface area contributed by atoms with E-state index in [1.165, 1.54) is 63.2 Å². The highest BCUT2D eigenvalue weighted by atomic mass is 15.3. The van der Waals surface area contributed by atoms with Crippen LogP contribution in [0.4, 0.5) is 0 Å². The quantitative estimate of drug-likeness (QED) is 0.842. The Morgan fingerprint density at radius 3 is 2.23 bits per heavy atom. The second kappa shape index (κ2) is 11.6. The molecule has 2 aliphatic heterocycles. The number of hydrogen-bond acceptors (Lipinski definition) is 4. The van der Waals surface area contributed by atoms with Crippen molar-refractivity contribution in [2.45, 2.75) is 31.8 Å². The van der Waals surface area contributed by atoms with Gasteiger partial charge in [0, 0.05) is 58.4 Å². The van der Waals surface area contributed by atoms with Gasteiger partial charge in [0.05, 0.1) is 0 Å². The molecule has 1 N–H and O–H groups in total. The number of fused-ring (bicyclic) bond motifs is 3. The third kappa shape index (κ3) is 6.64. The van der Waals surface area contributed by atoms with E-state index in [9.17, 15) is 0 Å². The molecule has 4 rings (SSSR count). The lowest BCUT2D eigenvalue weighted by molar-refractivity contribution is 0.106. The predicted molar refractivity (Wildman–Crippen MR) is 126 cm³/mol. The highest BCUT2D eigenvalue weighted by Crippen LogP contribution is 2.16. The lowest BCUT2D eigenvalue weighted by atomic mass is 10.0. The van der Waals surface area contributed by atoms with Gasteiger partial charge in [0.2, 0.25) is 0 Å². The molecule has 2 bridgehead atoms. The molecule has 2 aromatic rings. The molecule has 4 nitrogen and oxygen atoms in total. The van der Waals surface area contributed by atoms with E-state index in [0.717, 1.165) is 32.6 Å². The third-order valence-electron chi connectivity index (χ3n) is 6.70. The van der Waals surface area contributed by atoms with Gasteiger partial charge in [0.15, 0.2) is 0 Å². The summed E-state index contributed by atoms with van der Waals surface area (Å²) in [4.78, 5) is 8.15. The van der Waals surface area contributed by atoms with Crippen LogP contribution in [-0.4, -0.2) is 79.6 Å². The molecule has 0 aromatic heterocycles. The molecule has 162 valence electrons. The SMILES string of the molecule is c1ccc(CC2CCN(Cc3ccccc3)CCN3CCCNCCN2CC3)cc1. The minimum Gasteiger partial charge on any atom is -0.315 e. The summed E-state index contributed by atoms with van der Waals surface area (Å²) >= 11 is 0. The maximum atomic E-state index is 3.67. The van der Waals surface area contributed by atoms with Gasteiger partial charge in [0.1, 0.15) is 0 Å². The molecule has 0 saturated carbocycles. The first kappa shape index (κ1) is 21.5. The Hall–Kier alpha value is -1.72. The lowest BCUT2D eigenvalue weighted by Crippen LogP contribution is -2.50. The van der Waals surface area contributed by atoms with Crippen LogP contribution in [0.2, 0.25) is 0 Å². The molecule has 2 fully saturated rings. The lowest BCUT2D eigenvalue weighted by Gasteiger charge is -2.38. The number of hydrogen-bond donors (Lipinski definition) is 1. The van der Waals surface area contributed by atoms with Gasteiger partial charge < -0.3 is 10.2 Å². The first-order chi connectivity index (χ1) is 14.9. The maximum absolute atomic E-state index is 3.67. The topological polar surface area (TPSA) is 21.8 Å². The second-order valence-corrected chi connectivity index (χ2v) is 8.88. The van der Waals surface area contributed by atoms with Crippen molar-refractivity contribution in [3.63, 3.8) is 0 Å². The molecule has 30 heavy (non-hydrogen) atoms. The smallest absolute Gasteiger partial charge is 0.0234 e. The summed E-state index contributed by atoms with van der Waals surface area (Å²) in [6.45, 7) is 11.6. The molecule has 2 aliphatic rings. The molecule has 0 amide bonds. The molecule has 4 heteroatoms. The zero-order valence-electron chi connectivity index (χ0n) is 18.4. The van der Waals surface area contributed by atoms with E-state index < -0.39 is 0 Å². The van der Waals surface area contributed by atoms with Crippen LogP contribution in [0, 0.1) is 0 Å². The van der Waals surface area contributed by atoms with Crippen molar-refractivity contribution in [3.05, 3.63) is 71.8 Å². The van der Waals surface area contributed by atoms with E-state index in [0.29, 0.717) is 6.04 Å². The van der Waals surface area contributed by atoms with E-state index in [4.69, 9.17) is 0 Å². The van der Waals surface area contributed by atoms with Crippen LogP contribution in [-0.2, 0) is 13.0 Å². The van der Waals surface area contributed by atoms with Crippen molar-refractivity contribution in [3.8, 4) is 0 Å². The molecule has 2 heterocycles.